The van der Waals surface area contributed by atoms with Gasteiger partial charge in [-0.3, -0.25) is 0 Å². The molecule has 0 saturated carbocycles. The molecule has 2 aromatic rings. The molecule has 1 aromatic heterocycles. The van der Waals surface area contributed by atoms with Crippen molar-refractivity contribution in [2.45, 2.75) is 37.7 Å². The summed E-state index contributed by atoms with van der Waals surface area (Å²) in [5, 5.41) is 3.98. The number of benzene rings is 1. The number of thioether (sulfide) groups is 1. The number of nitrogens with zero attached hydrogens (tertiary/aromatic N) is 2. The van der Waals surface area contributed by atoms with Gasteiger partial charge in [0.25, 0.3) is 5.89 Å². The lowest BCUT2D eigenvalue weighted by molar-refractivity contribution is -0.155. The van der Waals surface area contributed by atoms with Gasteiger partial charge in [0.1, 0.15) is 0 Å². The molecule has 0 radical (unpaired) electrons. The molecule has 0 unspecified atom stereocenters. The van der Waals surface area contributed by atoms with E-state index in [2.05, 4.69) is 29.2 Å². The first kappa shape index (κ1) is 16.0. The maximum Gasteiger partial charge on any atom is 0.283 e. The van der Waals surface area contributed by atoms with E-state index in [1.807, 2.05) is 26.0 Å². The van der Waals surface area contributed by atoms with Gasteiger partial charge in [-0.1, -0.05) is 23.4 Å². The third kappa shape index (κ3) is 4.56. The molecule has 0 aliphatic rings. The van der Waals surface area contributed by atoms with Crippen LogP contribution in [0, 0.1) is 6.92 Å². The van der Waals surface area contributed by atoms with Crippen LogP contribution < -0.4 is 0 Å². The molecule has 1 aromatic carbocycles. The lowest BCUT2D eigenvalue weighted by atomic mass is 10.2. The van der Waals surface area contributed by atoms with Crippen molar-refractivity contribution in [3.63, 3.8) is 0 Å². The smallest absolute Gasteiger partial charge is 0.283 e. The van der Waals surface area contributed by atoms with Gasteiger partial charge < -0.3 is 14.0 Å². The maximum absolute atomic E-state index is 5.44. The van der Waals surface area contributed by atoms with Crippen molar-refractivity contribution in [3.8, 4) is 0 Å². The van der Waals surface area contributed by atoms with Gasteiger partial charge in [-0.2, -0.15) is 4.98 Å². The Morgan fingerprint density at radius 1 is 1.19 bits per heavy atom. The monoisotopic (exact) mass is 308 g/mol. The van der Waals surface area contributed by atoms with Crippen molar-refractivity contribution in [2.24, 2.45) is 0 Å². The minimum atomic E-state index is -0.579. The van der Waals surface area contributed by atoms with Gasteiger partial charge in [-0.25, -0.2) is 0 Å². The molecule has 0 saturated heterocycles. The highest BCUT2D eigenvalue weighted by Gasteiger charge is 2.19. The van der Waals surface area contributed by atoms with Crippen LogP contribution in [0.2, 0.25) is 0 Å². The van der Waals surface area contributed by atoms with Crippen LogP contribution in [0.4, 0.5) is 0 Å². The maximum atomic E-state index is 5.44. The van der Waals surface area contributed by atoms with E-state index in [9.17, 15) is 0 Å². The van der Waals surface area contributed by atoms with Gasteiger partial charge in [0.05, 0.1) is 5.75 Å². The highest BCUT2D eigenvalue weighted by Crippen LogP contribution is 2.25. The number of ether oxygens (including phenoxy) is 2. The third-order valence-corrected chi connectivity index (χ3v) is 3.94. The largest absolute Gasteiger partial charge is 0.345 e. The second-order valence-electron chi connectivity index (χ2n) is 4.35. The molecule has 0 atom stereocenters. The summed E-state index contributed by atoms with van der Waals surface area (Å²) in [7, 11) is 0. The molecular weight excluding hydrogens is 288 g/mol. The van der Waals surface area contributed by atoms with Crippen molar-refractivity contribution >= 4 is 11.8 Å². The molecule has 0 bridgehead atoms. The first-order valence-corrected chi connectivity index (χ1v) is 7.97. The quantitative estimate of drug-likeness (QED) is 0.547. The summed E-state index contributed by atoms with van der Waals surface area (Å²) in [5.74, 6) is 1.67. The Morgan fingerprint density at radius 3 is 2.57 bits per heavy atom. The van der Waals surface area contributed by atoms with Crippen molar-refractivity contribution < 1.29 is 14.0 Å². The van der Waals surface area contributed by atoms with E-state index in [-0.39, 0.29) is 0 Å². The second-order valence-corrected chi connectivity index (χ2v) is 5.36. The molecule has 0 aliphatic carbocycles. The summed E-state index contributed by atoms with van der Waals surface area (Å²) in [5.41, 5.74) is 1.24. The molecular formula is C15H20N2O3S. The highest BCUT2D eigenvalue weighted by atomic mass is 32.2. The zero-order valence-corrected chi connectivity index (χ0v) is 13.4. The van der Waals surface area contributed by atoms with Crippen molar-refractivity contribution in [2.75, 3.05) is 13.2 Å². The van der Waals surface area contributed by atoms with Gasteiger partial charge in [0, 0.05) is 18.1 Å². The van der Waals surface area contributed by atoms with E-state index in [4.69, 9.17) is 14.0 Å². The molecule has 2 rings (SSSR count). The number of hydrogen-bond donors (Lipinski definition) is 0. The van der Waals surface area contributed by atoms with Crippen LogP contribution >= 0.6 is 11.8 Å². The Labute approximate surface area is 129 Å². The number of aryl methyl sites for hydroxylation is 1. The number of aromatic nitrogens is 2. The van der Waals surface area contributed by atoms with Crippen LogP contribution in [0.15, 0.2) is 33.7 Å². The summed E-state index contributed by atoms with van der Waals surface area (Å²) < 4.78 is 16.1. The van der Waals surface area contributed by atoms with Crippen LogP contribution in [0.3, 0.4) is 0 Å². The fourth-order valence-corrected chi connectivity index (χ4v) is 2.65. The highest BCUT2D eigenvalue weighted by molar-refractivity contribution is 7.98. The average molecular weight is 308 g/mol. The zero-order valence-electron chi connectivity index (χ0n) is 12.5. The van der Waals surface area contributed by atoms with E-state index in [0.29, 0.717) is 30.7 Å². The molecule has 6 heteroatoms. The molecule has 21 heavy (non-hydrogen) atoms. The average Bonchev–Trinajstić information content (AvgIpc) is 2.95. The topological polar surface area (TPSA) is 57.4 Å². The Bertz CT molecular complexity index is 553. The van der Waals surface area contributed by atoms with E-state index >= 15 is 0 Å². The molecule has 0 N–H and O–H groups in total. The Hall–Kier alpha value is -1.37. The van der Waals surface area contributed by atoms with Gasteiger partial charge in [-0.15, -0.1) is 11.8 Å². The molecule has 0 spiro atoms. The predicted octanol–water partition coefficient (Wildman–Crippen LogP) is 3.74. The van der Waals surface area contributed by atoms with Crippen LogP contribution in [-0.4, -0.2) is 23.4 Å². The Kier molecular flexibility index (Phi) is 6.22. The summed E-state index contributed by atoms with van der Waals surface area (Å²) in [6, 6.07) is 8.23. The minimum absolute atomic E-state index is 0.374. The summed E-state index contributed by atoms with van der Waals surface area (Å²) in [4.78, 5) is 5.56. The summed E-state index contributed by atoms with van der Waals surface area (Å²) in [6.07, 6.45) is -0.579. The fraction of sp³-hybridized carbons (Fsp3) is 0.467. The van der Waals surface area contributed by atoms with Gasteiger partial charge in [0.2, 0.25) is 6.29 Å². The van der Waals surface area contributed by atoms with Gasteiger partial charge in [0.15, 0.2) is 5.82 Å². The lowest BCUT2D eigenvalue weighted by Crippen LogP contribution is -2.09. The van der Waals surface area contributed by atoms with Crippen LogP contribution in [-0.2, 0) is 15.2 Å². The third-order valence-electron chi connectivity index (χ3n) is 2.77. The first-order valence-electron chi connectivity index (χ1n) is 6.98. The van der Waals surface area contributed by atoms with Crippen molar-refractivity contribution in [3.05, 3.63) is 41.5 Å². The number of rotatable bonds is 8. The summed E-state index contributed by atoms with van der Waals surface area (Å²) >= 11 is 1.69. The van der Waals surface area contributed by atoms with E-state index in [1.54, 1.807) is 11.8 Å². The number of hydrogen-bond acceptors (Lipinski definition) is 6. The van der Waals surface area contributed by atoms with Crippen LogP contribution in [0.5, 0.6) is 0 Å². The van der Waals surface area contributed by atoms with Crippen LogP contribution in [0.1, 0.15) is 37.4 Å². The predicted molar refractivity (Wildman–Crippen MR) is 81.0 cm³/mol. The van der Waals surface area contributed by atoms with E-state index < -0.39 is 6.29 Å². The molecule has 0 aliphatic heterocycles. The standard InChI is InChI=1S/C15H20N2O3S/c1-4-18-15(19-5-2)14-16-13(17-20-14)10-21-12-9-7-6-8-11(12)3/h6-9,15H,4-5,10H2,1-3H3. The lowest BCUT2D eigenvalue weighted by Gasteiger charge is -2.11. The molecule has 5 nitrogen and oxygen atoms in total. The van der Waals surface area contributed by atoms with E-state index in [1.165, 1.54) is 10.5 Å². The van der Waals surface area contributed by atoms with Crippen molar-refractivity contribution in [1.82, 2.24) is 10.1 Å². The minimum Gasteiger partial charge on any atom is -0.345 e. The summed E-state index contributed by atoms with van der Waals surface area (Å²) in [6.45, 7) is 6.94. The SMILES string of the molecule is CCOC(OCC)c1nc(CSc2ccccc2C)no1. The van der Waals surface area contributed by atoms with E-state index in [0.717, 1.165) is 0 Å². The first-order chi connectivity index (χ1) is 10.2. The fourth-order valence-electron chi connectivity index (χ4n) is 1.78. The van der Waals surface area contributed by atoms with Gasteiger partial charge >= 0.3 is 0 Å². The van der Waals surface area contributed by atoms with Crippen molar-refractivity contribution in [1.29, 1.82) is 0 Å². The Balaban J connectivity index is 1.98. The Morgan fingerprint density at radius 2 is 1.90 bits per heavy atom. The normalized spacial score (nSPS) is 11.2. The molecule has 1 heterocycles. The zero-order chi connectivity index (χ0) is 15.1. The molecule has 0 amide bonds. The second kappa shape index (κ2) is 8.17. The molecule has 114 valence electrons. The van der Waals surface area contributed by atoms with Gasteiger partial charge in [-0.05, 0) is 32.4 Å². The van der Waals surface area contributed by atoms with Crippen LogP contribution in [0.25, 0.3) is 0 Å². The molecule has 0 fully saturated rings.